The lowest BCUT2D eigenvalue weighted by Crippen LogP contribution is -2.41. The van der Waals surface area contributed by atoms with Gasteiger partial charge in [0.25, 0.3) is 0 Å². The fraction of sp³-hybridized carbons (Fsp3) is 0.500. The van der Waals surface area contributed by atoms with E-state index in [1.165, 1.54) is 18.5 Å². The highest BCUT2D eigenvalue weighted by molar-refractivity contribution is 7.90. The first-order chi connectivity index (χ1) is 15.2. The van der Waals surface area contributed by atoms with E-state index in [2.05, 4.69) is 22.2 Å². The van der Waals surface area contributed by atoms with Crippen molar-refractivity contribution in [1.29, 1.82) is 0 Å². The summed E-state index contributed by atoms with van der Waals surface area (Å²) in [5, 5.41) is 2.88. The van der Waals surface area contributed by atoms with Gasteiger partial charge in [0.05, 0.1) is 16.1 Å². The lowest BCUT2D eigenvalue weighted by molar-refractivity contribution is -0.133. The minimum Gasteiger partial charge on any atom is -0.474 e. The number of piperidine rings is 1. The van der Waals surface area contributed by atoms with E-state index in [-0.39, 0.29) is 22.6 Å². The SMILES string of the molecule is CCCCC(=O)N1CCC(Oc2ncnc(Nc3ccc(S(C)(=O)=O)cc3F)c2C)CC1. The van der Waals surface area contributed by atoms with Crippen LogP contribution in [0.1, 0.15) is 44.6 Å². The van der Waals surface area contributed by atoms with E-state index in [1.807, 2.05) is 4.90 Å². The van der Waals surface area contributed by atoms with Crippen molar-refractivity contribution in [1.82, 2.24) is 14.9 Å². The average Bonchev–Trinajstić information content (AvgIpc) is 2.76. The van der Waals surface area contributed by atoms with Gasteiger partial charge in [-0.1, -0.05) is 13.3 Å². The number of amides is 1. The van der Waals surface area contributed by atoms with Crippen LogP contribution in [0, 0.1) is 12.7 Å². The van der Waals surface area contributed by atoms with Gasteiger partial charge < -0.3 is 15.0 Å². The molecule has 2 aromatic rings. The molecule has 8 nitrogen and oxygen atoms in total. The van der Waals surface area contributed by atoms with Crippen LogP contribution >= 0.6 is 0 Å². The van der Waals surface area contributed by atoms with Gasteiger partial charge in [0.1, 0.15) is 24.1 Å². The van der Waals surface area contributed by atoms with E-state index < -0.39 is 15.7 Å². The molecule has 1 amide bonds. The summed E-state index contributed by atoms with van der Waals surface area (Å²) in [6.45, 7) is 5.14. The fourth-order valence-corrected chi connectivity index (χ4v) is 4.13. The minimum atomic E-state index is -3.50. The number of ether oxygens (including phenoxy) is 1. The average molecular weight is 465 g/mol. The number of rotatable bonds is 8. The maximum absolute atomic E-state index is 14.4. The van der Waals surface area contributed by atoms with Gasteiger partial charge >= 0.3 is 0 Å². The smallest absolute Gasteiger partial charge is 0.222 e. The number of halogens is 1. The van der Waals surface area contributed by atoms with Crippen LogP contribution in [0.25, 0.3) is 0 Å². The number of sulfone groups is 1. The molecule has 2 heterocycles. The lowest BCUT2D eigenvalue weighted by atomic mass is 10.1. The Bertz CT molecular complexity index is 1070. The molecule has 1 N–H and O–H groups in total. The molecule has 32 heavy (non-hydrogen) atoms. The van der Waals surface area contributed by atoms with Crippen molar-refractivity contribution in [3.8, 4) is 5.88 Å². The summed E-state index contributed by atoms with van der Waals surface area (Å²) in [6.07, 6.45) is 6.21. The zero-order valence-electron chi connectivity index (χ0n) is 18.6. The molecule has 1 saturated heterocycles. The zero-order valence-corrected chi connectivity index (χ0v) is 19.4. The molecule has 174 valence electrons. The minimum absolute atomic E-state index is 0.0718. The van der Waals surface area contributed by atoms with Gasteiger partial charge in [0.15, 0.2) is 9.84 Å². The maximum Gasteiger partial charge on any atom is 0.222 e. The molecule has 1 aliphatic rings. The largest absolute Gasteiger partial charge is 0.474 e. The van der Waals surface area contributed by atoms with Crippen LogP contribution in [-0.4, -0.2) is 54.6 Å². The number of aromatic nitrogens is 2. The van der Waals surface area contributed by atoms with Gasteiger partial charge in [-0.2, -0.15) is 0 Å². The highest BCUT2D eigenvalue weighted by atomic mass is 32.2. The molecule has 0 bridgehead atoms. The summed E-state index contributed by atoms with van der Waals surface area (Å²) < 4.78 is 43.7. The summed E-state index contributed by atoms with van der Waals surface area (Å²) >= 11 is 0. The first-order valence-corrected chi connectivity index (χ1v) is 12.6. The number of hydrogen-bond acceptors (Lipinski definition) is 7. The van der Waals surface area contributed by atoms with Crippen LogP contribution in [0.15, 0.2) is 29.4 Å². The first kappa shape index (κ1) is 23.9. The highest BCUT2D eigenvalue weighted by Crippen LogP contribution is 2.28. The normalized spacial score (nSPS) is 14.9. The van der Waals surface area contributed by atoms with Gasteiger partial charge in [0.2, 0.25) is 11.8 Å². The van der Waals surface area contributed by atoms with E-state index in [4.69, 9.17) is 4.74 Å². The van der Waals surface area contributed by atoms with Gasteiger partial charge in [0, 0.05) is 38.6 Å². The summed E-state index contributed by atoms with van der Waals surface area (Å²) in [5.41, 5.74) is 0.713. The Morgan fingerprint density at radius 3 is 2.62 bits per heavy atom. The summed E-state index contributed by atoms with van der Waals surface area (Å²) in [7, 11) is -3.50. The first-order valence-electron chi connectivity index (χ1n) is 10.7. The molecular weight excluding hydrogens is 435 g/mol. The van der Waals surface area contributed by atoms with Crippen LogP contribution in [0.3, 0.4) is 0 Å². The maximum atomic E-state index is 14.4. The summed E-state index contributed by atoms with van der Waals surface area (Å²) in [5.74, 6) is 0.257. The number of unbranched alkanes of at least 4 members (excludes halogenated alkanes) is 1. The standard InChI is InChI=1S/C22H29FN4O4S/c1-4-5-6-20(28)27-11-9-16(10-12-27)31-22-15(2)21(24-14-25-22)26-19-8-7-17(13-18(19)23)32(3,29)30/h7-8,13-14,16H,4-6,9-12H2,1-3H3,(H,24,25,26). The number of likely N-dealkylation sites (tertiary alicyclic amines) is 1. The van der Waals surface area contributed by atoms with Crippen molar-refractivity contribution in [3.05, 3.63) is 35.9 Å². The Morgan fingerprint density at radius 2 is 2.00 bits per heavy atom. The van der Waals surface area contributed by atoms with E-state index in [9.17, 15) is 17.6 Å². The van der Waals surface area contributed by atoms with E-state index in [0.717, 1.165) is 25.2 Å². The second-order valence-electron chi connectivity index (χ2n) is 7.99. The number of anilines is 2. The Kier molecular flexibility index (Phi) is 7.65. The van der Waals surface area contributed by atoms with E-state index in [1.54, 1.807) is 6.92 Å². The topological polar surface area (TPSA) is 101 Å². The van der Waals surface area contributed by atoms with Gasteiger partial charge in [-0.25, -0.2) is 22.8 Å². The summed E-state index contributed by atoms with van der Waals surface area (Å²) in [4.78, 5) is 22.4. The van der Waals surface area contributed by atoms with Crippen LogP contribution < -0.4 is 10.1 Å². The molecule has 10 heteroatoms. The van der Waals surface area contributed by atoms with Crippen molar-refractivity contribution in [2.75, 3.05) is 24.7 Å². The van der Waals surface area contributed by atoms with Gasteiger partial charge in [-0.05, 0) is 31.5 Å². The lowest BCUT2D eigenvalue weighted by Gasteiger charge is -2.32. The number of carbonyl (C=O) groups excluding carboxylic acids is 1. The third-order valence-electron chi connectivity index (χ3n) is 5.48. The Morgan fingerprint density at radius 1 is 1.28 bits per heavy atom. The predicted octanol–water partition coefficient (Wildman–Crippen LogP) is 3.63. The molecule has 1 aromatic carbocycles. The van der Waals surface area contributed by atoms with Crippen LogP contribution in [-0.2, 0) is 14.6 Å². The van der Waals surface area contributed by atoms with Crippen molar-refractivity contribution < 1.29 is 22.3 Å². The van der Waals surface area contributed by atoms with Crippen LogP contribution in [0.5, 0.6) is 5.88 Å². The van der Waals surface area contributed by atoms with Crippen molar-refractivity contribution >= 4 is 27.2 Å². The van der Waals surface area contributed by atoms with Gasteiger partial charge in [-0.3, -0.25) is 4.79 Å². The Balaban J connectivity index is 1.65. The molecule has 3 rings (SSSR count). The quantitative estimate of drug-likeness (QED) is 0.636. The highest BCUT2D eigenvalue weighted by Gasteiger charge is 2.25. The molecule has 1 fully saturated rings. The van der Waals surface area contributed by atoms with Crippen molar-refractivity contribution in [2.24, 2.45) is 0 Å². The molecule has 0 aliphatic carbocycles. The molecule has 0 spiro atoms. The number of nitrogens with zero attached hydrogens (tertiary/aromatic N) is 3. The fourth-order valence-electron chi connectivity index (χ4n) is 3.50. The summed E-state index contributed by atoms with van der Waals surface area (Å²) in [6, 6.07) is 3.67. The molecule has 0 saturated carbocycles. The molecule has 0 radical (unpaired) electrons. The van der Waals surface area contributed by atoms with Crippen LogP contribution in [0.4, 0.5) is 15.9 Å². The van der Waals surface area contributed by atoms with Crippen molar-refractivity contribution in [3.63, 3.8) is 0 Å². The Labute approximate surface area is 188 Å². The number of benzene rings is 1. The van der Waals surface area contributed by atoms with E-state index >= 15 is 0 Å². The second-order valence-corrected chi connectivity index (χ2v) is 10.0. The molecular formula is C22H29FN4O4S. The van der Waals surface area contributed by atoms with Crippen LogP contribution in [0.2, 0.25) is 0 Å². The van der Waals surface area contributed by atoms with E-state index in [0.29, 0.717) is 49.6 Å². The number of carbonyl (C=O) groups is 1. The molecule has 0 atom stereocenters. The number of nitrogens with one attached hydrogen (secondary N) is 1. The van der Waals surface area contributed by atoms with Crippen molar-refractivity contribution in [2.45, 2.75) is 57.0 Å². The zero-order chi connectivity index (χ0) is 23.3. The number of hydrogen-bond donors (Lipinski definition) is 1. The Hall–Kier alpha value is -2.75. The molecule has 1 aliphatic heterocycles. The third kappa shape index (κ3) is 5.93. The predicted molar refractivity (Wildman–Crippen MR) is 119 cm³/mol. The molecule has 1 aromatic heterocycles. The van der Waals surface area contributed by atoms with Gasteiger partial charge in [-0.15, -0.1) is 0 Å². The molecule has 0 unspecified atom stereocenters. The monoisotopic (exact) mass is 464 g/mol. The third-order valence-corrected chi connectivity index (χ3v) is 6.59. The second kappa shape index (κ2) is 10.2.